The van der Waals surface area contributed by atoms with Gasteiger partial charge in [-0.05, 0) is 24.8 Å². The van der Waals surface area contributed by atoms with E-state index in [1.165, 1.54) is 7.11 Å². The van der Waals surface area contributed by atoms with E-state index in [9.17, 15) is 4.79 Å². The predicted molar refractivity (Wildman–Crippen MR) is 83.3 cm³/mol. The van der Waals surface area contributed by atoms with Crippen LogP contribution in [0.5, 0.6) is 0 Å². The lowest BCUT2D eigenvalue weighted by Crippen LogP contribution is -2.13. The van der Waals surface area contributed by atoms with Crippen molar-refractivity contribution >= 4 is 40.7 Å². The van der Waals surface area contributed by atoms with Gasteiger partial charge in [0.05, 0.1) is 23.4 Å². The lowest BCUT2D eigenvalue weighted by Gasteiger charge is -2.15. The fourth-order valence-electron chi connectivity index (χ4n) is 1.60. The Hall–Kier alpha value is -1.07. The van der Waals surface area contributed by atoms with E-state index in [1.807, 2.05) is 0 Å². The summed E-state index contributed by atoms with van der Waals surface area (Å²) in [5.74, 6) is -0.449. The molecular formula is C13H19ClN2O2S. The van der Waals surface area contributed by atoms with Gasteiger partial charge in [0, 0.05) is 17.5 Å². The van der Waals surface area contributed by atoms with Gasteiger partial charge in [0.15, 0.2) is 0 Å². The van der Waals surface area contributed by atoms with Crippen LogP contribution in [-0.4, -0.2) is 31.1 Å². The van der Waals surface area contributed by atoms with Gasteiger partial charge in [-0.1, -0.05) is 18.5 Å². The molecule has 0 aromatic heterocycles. The van der Waals surface area contributed by atoms with Crippen LogP contribution in [-0.2, 0) is 4.74 Å². The van der Waals surface area contributed by atoms with Crippen molar-refractivity contribution < 1.29 is 9.53 Å². The molecule has 4 nitrogen and oxygen atoms in total. The number of anilines is 2. The number of benzene rings is 1. The highest BCUT2D eigenvalue weighted by molar-refractivity contribution is 7.99. The van der Waals surface area contributed by atoms with E-state index in [-0.39, 0.29) is 0 Å². The van der Waals surface area contributed by atoms with Crippen molar-refractivity contribution in [2.45, 2.75) is 18.6 Å². The summed E-state index contributed by atoms with van der Waals surface area (Å²) in [6.07, 6.45) is 3.04. The number of halogens is 1. The van der Waals surface area contributed by atoms with Crippen LogP contribution in [0.25, 0.3) is 0 Å². The van der Waals surface area contributed by atoms with E-state index in [2.05, 4.69) is 18.5 Å². The molecule has 0 saturated carbocycles. The number of nitrogen functional groups attached to an aromatic ring is 1. The molecule has 19 heavy (non-hydrogen) atoms. The van der Waals surface area contributed by atoms with E-state index in [0.29, 0.717) is 27.2 Å². The van der Waals surface area contributed by atoms with Crippen LogP contribution in [0.1, 0.15) is 23.7 Å². The van der Waals surface area contributed by atoms with Crippen LogP contribution in [0, 0.1) is 0 Å². The van der Waals surface area contributed by atoms with E-state index < -0.39 is 5.97 Å². The number of hydrogen-bond donors (Lipinski definition) is 2. The lowest BCUT2D eigenvalue weighted by molar-refractivity contribution is 0.0602. The van der Waals surface area contributed by atoms with Crippen LogP contribution in [0.3, 0.4) is 0 Å². The molecule has 1 aromatic rings. The molecule has 0 radical (unpaired) electrons. The first-order valence-corrected chi connectivity index (χ1v) is 7.60. The van der Waals surface area contributed by atoms with Crippen LogP contribution < -0.4 is 11.1 Å². The molecule has 3 N–H and O–H groups in total. The fraction of sp³-hybridized carbons (Fsp3) is 0.462. The van der Waals surface area contributed by atoms with Crippen molar-refractivity contribution in [1.82, 2.24) is 0 Å². The van der Waals surface area contributed by atoms with Gasteiger partial charge in [-0.3, -0.25) is 0 Å². The number of ether oxygens (including phenoxy) is 1. The summed E-state index contributed by atoms with van der Waals surface area (Å²) in [4.78, 5) is 11.7. The number of rotatable bonds is 6. The second-order valence-electron chi connectivity index (χ2n) is 4.18. The van der Waals surface area contributed by atoms with Gasteiger partial charge in [0.25, 0.3) is 0 Å². The minimum atomic E-state index is -0.449. The first-order chi connectivity index (χ1) is 8.99. The van der Waals surface area contributed by atoms with Crippen molar-refractivity contribution in [3.8, 4) is 0 Å². The highest BCUT2D eigenvalue weighted by Gasteiger charge is 2.16. The molecule has 1 rings (SSSR count). The Labute approximate surface area is 123 Å². The Balaban J connectivity index is 2.89. The Morgan fingerprint density at radius 1 is 1.58 bits per heavy atom. The first kappa shape index (κ1) is 16.0. The number of thioether (sulfide) groups is 1. The zero-order valence-electron chi connectivity index (χ0n) is 11.3. The second kappa shape index (κ2) is 7.50. The Morgan fingerprint density at radius 2 is 2.26 bits per heavy atom. The standard InChI is InChI=1S/C13H19ClN2O2S/c1-8(19-3)4-5-16-12-10(13(17)18-2)6-9(15)7-11(12)14/h6-8,16H,4-5,15H2,1-3H3. The Bertz CT molecular complexity index is 455. The second-order valence-corrected chi connectivity index (χ2v) is 5.86. The van der Waals surface area contributed by atoms with E-state index >= 15 is 0 Å². The summed E-state index contributed by atoms with van der Waals surface area (Å²) in [6, 6.07) is 3.19. The lowest BCUT2D eigenvalue weighted by atomic mass is 10.1. The minimum absolute atomic E-state index is 0.365. The third kappa shape index (κ3) is 4.51. The van der Waals surface area contributed by atoms with Crippen LogP contribution in [0.15, 0.2) is 12.1 Å². The van der Waals surface area contributed by atoms with Crippen molar-refractivity contribution in [1.29, 1.82) is 0 Å². The number of nitrogens with one attached hydrogen (secondary N) is 1. The maximum absolute atomic E-state index is 11.7. The average molecular weight is 303 g/mol. The summed E-state index contributed by atoms with van der Waals surface area (Å²) in [7, 11) is 1.33. The highest BCUT2D eigenvalue weighted by atomic mass is 35.5. The first-order valence-electron chi connectivity index (χ1n) is 5.93. The third-order valence-corrected chi connectivity index (χ3v) is 4.11. The van der Waals surface area contributed by atoms with Crippen molar-refractivity contribution in [3.05, 3.63) is 22.7 Å². The Morgan fingerprint density at radius 3 is 2.84 bits per heavy atom. The summed E-state index contributed by atoms with van der Waals surface area (Å²) < 4.78 is 4.74. The van der Waals surface area contributed by atoms with Gasteiger partial charge >= 0.3 is 5.97 Å². The molecule has 0 fully saturated rings. The highest BCUT2D eigenvalue weighted by Crippen LogP contribution is 2.30. The predicted octanol–water partition coefficient (Wildman–Crippen LogP) is 3.26. The van der Waals surface area contributed by atoms with Gasteiger partial charge in [-0.15, -0.1) is 0 Å². The topological polar surface area (TPSA) is 64.3 Å². The largest absolute Gasteiger partial charge is 0.465 e. The molecule has 0 heterocycles. The molecule has 1 atom stereocenters. The maximum Gasteiger partial charge on any atom is 0.340 e. The molecule has 0 amide bonds. The maximum atomic E-state index is 11.7. The summed E-state index contributed by atoms with van der Waals surface area (Å²) in [5.41, 5.74) is 7.08. The molecule has 0 aliphatic carbocycles. The molecule has 0 bridgehead atoms. The molecular weight excluding hydrogens is 284 g/mol. The monoisotopic (exact) mass is 302 g/mol. The van der Waals surface area contributed by atoms with Crippen molar-refractivity contribution in [2.75, 3.05) is 31.0 Å². The molecule has 6 heteroatoms. The fourth-order valence-corrected chi connectivity index (χ4v) is 2.24. The molecule has 1 unspecified atom stereocenters. The van der Waals surface area contributed by atoms with E-state index in [4.69, 9.17) is 22.1 Å². The average Bonchev–Trinajstić information content (AvgIpc) is 2.39. The zero-order valence-corrected chi connectivity index (χ0v) is 12.9. The number of esters is 1. The van der Waals surface area contributed by atoms with Gasteiger partial charge < -0.3 is 15.8 Å². The number of hydrogen-bond acceptors (Lipinski definition) is 5. The van der Waals surface area contributed by atoms with Gasteiger partial charge in [-0.25, -0.2) is 4.79 Å². The molecule has 1 aromatic carbocycles. The molecule has 0 saturated heterocycles. The van der Waals surface area contributed by atoms with Crippen molar-refractivity contribution in [2.24, 2.45) is 0 Å². The summed E-state index contributed by atoms with van der Waals surface area (Å²) in [6.45, 7) is 2.88. The number of methoxy groups -OCH3 is 1. The normalized spacial score (nSPS) is 12.0. The van der Waals surface area contributed by atoms with Crippen LogP contribution in [0.4, 0.5) is 11.4 Å². The summed E-state index contributed by atoms with van der Waals surface area (Å²) in [5, 5.41) is 4.16. The third-order valence-electron chi connectivity index (χ3n) is 2.77. The molecule has 106 valence electrons. The quantitative estimate of drug-likeness (QED) is 0.624. The molecule has 0 aliphatic rings. The van der Waals surface area contributed by atoms with Gasteiger partial charge in [-0.2, -0.15) is 11.8 Å². The smallest absolute Gasteiger partial charge is 0.340 e. The van der Waals surface area contributed by atoms with Gasteiger partial charge in [0.2, 0.25) is 0 Å². The summed E-state index contributed by atoms with van der Waals surface area (Å²) >= 11 is 7.93. The zero-order chi connectivity index (χ0) is 14.4. The van der Waals surface area contributed by atoms with Crippen LogP contribution in [0.2, 0.25) is 5.02 Å². The number of carbonyl (C=O) groups is 1. The Kier molecular flexibility index (Phi) is 6.31. The molecule has 0 spiro atoms. The SMILES string of the molecule is COC(=O)c1cc(N)cc(Cl)c1NCCC(C)SC. The van der Waals surface area contributed by atoms with E-state index in [1.54, 1.807) is 23.9 Å². The number of nitrogens with two attached hydrogens (primary N) is 1. The van der Waals surface area contributed by atoms with E-state index in [0.717, 1.165) is 13.0 Å². The minimum Gasteiger partial charge on any atom is -0.465 e. The van der Waals surface area contributed by atoms with Crippen LogP contribution >= 0.6 is 23.4 Å². The van der Waals surface area contributed by atoms with Crippen molar-refractivity contribution in [3.63, 3.8) is 0 Å². The van der Waals surface area contributed by atoms with Gasteiger partial charge in [0.1, 0.15) is 0 Å². The number of carbonyl (C=O) groups excluding carboxylic acids is 1. The molecule has 0 aliphatic heterocycles.